The van der Waals surface area contributed by atoms with Gasteiger partial charge in [-0.05, 0) is 53.3 Å². The molecule has 5 heteroatoms. The maximum Gasteiger partial charge on any atom is 0.138 e. The van der Waals surface area contributed by atoms with E-state index in [-0.39, 0.29) is 5.82 Å². The second-order valence-corrected chi connectivity index (χ2v) is 7.58. The summed E-state index contributed by atoms with van der Waals surface area (Å²) in [5.74, 6) is 2.54. The van der Waals surface area contributed by atoms with E-state index < -0.39 is 0 Å². The summed E-state index contributed by atoms with van der Waals surface area (Å²) < 4.78 is 16.6. The minimum Gasteiger partial charge on any atom is -0.327 e. The van der Waals surface area contributed by atoms with Crippen LogP contribution in [0.5, 0.6) is 0 Å². The lowest BCUT2D eigenvalue weighted by Crippen LogP contribution is -2.18. The quantitative estimate of drug-likeness (QED) is 0.484. The summed E-state index contributed by atoms with van der Waals surface area (Å²) >= 11 is 8.05. The van der Waals surface area contributed by atoms with Gasteiger partial charge < -0.3 is 4.57 Å². The molecule has 1 heterocycles. The zero-order valence-electron chi connectivity index (χ0n) is 12.1. The van der Waals surface area contributed by atoms with E-state index in [2.05, 4.69) is 16.5 Å². The molecule has 2 nitrogen and oxygen atoms in total. The number of aromatic nitrogens is 2. The first-order chi connectivity index (χ1) is 10.1. The molecule has 2 aromatic rings. The molecule has 0 unspecified atom stereocenters. The summed E-state index contributed by atoms with van der Waals surface area (Å²) in [6.45, 7) is 3.23. The van der Waals surface area contributed by atoms with Crippen molar-refractivity contribution in [3.63, 3.8) is 0 Å². The van der Waals surface area contributed by atoms with Gasteiger partial charge in [-0.3, -0.25) is 0 Å². The first kappa shape index (κ1) is 15.5. The van der Waals surface area contributed by atoms with Gasteiger partial charge in [0.05, 0.1) is 20.5 Å². The zero-order chi connectivity index (χ0) is 15.0. The highest BCUT2D eigenvalue weighted by molar-refractivity contribution is 14.1. The molecule has 1 aliphatic rings. The van der Waals surface area contributed by atoms with Crippen molar-refractivity contribution in [1.82, 2.24) is 9.55 Å². The number of hydrogen-bond acceptors (Lipinski definition) is 1. The Labute approximate surface area is 143 Å². The summed E-state index contributed by atoms with van der Waals surface area (Å²) in [6, 6.07) is 3.41. The molecule has 0 spiro atoms. The van der Waals surface area contributed by atoms with E-state index in [0.717, 1.165) is 29.3 Å². The summed E-state index contributed by atoms with van der Waals surface area (Å²) in [6.07, 6.45) is 5.07. The molecule has 0 bridgehead atoms. The monoisotopic (exact) mass is 420 g/mol. The molecular formula is C16H19ClFIN2. The van der Waals surface area contributed by atoms with E-state index in [1.807, 2.05) is 22.6 Å². The Hall–Kier alpha value is -0.360. The van der Waals surface area contributed by atoms with Gasteiger partial charge in [-0.1, -0.05) is 19.8 Å². The fourth-order valence-corrected chi connectivity index (χ4v) is 3.90. The minimum atomic E-state index is -0.178. The van der Waals surface area contributed by atoms with Crippen LogP contribution >= 0.6 is 34.2 Å². The molecule has 1 aliphatic carbocycles. The second-order valence-electron chi connectivity index (χ2n) is 6.15. The zero-order valence-corrected chi connectivity index (χ0v) is 15.0. The van der Waals surface area contributed by atoms with Crippen LogP contribution in [0.2, 0.25) is 0 Å². The number of rotatable bonds is 3. The van der Waals surface area contributed by atoms with Crippen LogP contribution in [0, 0.1) is 21.2 Å². The lowest BCUT2D eigenvalue weighted by atomic mass is 9.83. The second kappa shape index (κ2) is 6.41. The fourth-order valence-electron chi connectivity index (χ4n) is 3.25. The molecule has 0 saturated heterocycles. The third-order valence-electron chi connectivity index (χ3n) is 4.57. The molecular weight excluding hydrogens is 402 g/mol. The molecule has 1 fully saturated rings. The van der Waals surface area contributed by atoms with Crippen LogP contribution in [-0.4, -0.2) is 9.55 Å². The van der Waals surface area contributed by atoms with Crippen LogP contribution in [0.1, 0.15) is 38.4 Å². The Kier molecular flexibility index (Phi) is 4.74. The summed E-state index contributed by atoms with van der Waals surface area (Å²) in [5.41, 5.74) is 1.72. The highest BCUT2D eigenvalue weighted by atomic mass is 127. The molecule has 1 saturated carbocycles. The van der Waals surface area contributed by atoms with Gasteiger partial charge in [-0.15, -0.1) is 11.6 Å². The van der Waals surface area contributed by atoms with Gasteiger partial charge in [-0.2, -0.15) is 0 Å². The molecule has 1 aromatic heterocycles. The highest BCUT2D eigenvalue weighted by Gasteiger charge is 2.21. The van der Waals surface area contributed by atoms with E-state index >= 15 is 0 Å². The maximum atomic E-state index is 13.9. The van der Waals surface area contributed by atoms with Gasteiger partial charge in [0.2, 0.25) is 0 Å². The molecule has 1 aromatic carbocycles. The predicted molar refractivity (Wildman–Crippen MR) is 93.1 cm³/mol. The van der Waals surface area contributed by atoms with Crippen molar-refractivity contribution in [3.05, 3.63) is 27.3 Å². The van der Waals surface area contributed by atoms with Gasteiger partial charge in [-0.25, -0.2) is 9.37 Å². The molecule has 0 amide bonds. The molecule has 21 heavy (non-hydrogen) atoms. The van der Waals surface area contributed by atoms with Crippen molar-refractivity contribution in [1.29, 1.82) is 0 Å². The van der Waals surface area contributed by atoms with E-state index in [1.165, 1.54) is 25.7 Å². The normalized spacial score (nSPS) is 22.9. The van der Waals surface area contributed by atoms with Gasteiger partial charge >= 0.3 is 0 Å². The van der Waals surface area contributed by atoms with E-state index in [9.17, 15) is 4.39 Å². The largest absolute Gasteiger partial charge is 0.327 e. The lowest BCUT2D eigenvalue weighted by molar-refractivity contribution is 0.265. The number of alkyl halides is 1. The van der Waals surface area contributed by atoms with Crippen LogP contribution < -0.4 is 0 Å². The first-order valence-electron chi connectivity index (χ1n) is 7.48. The minimum absolute atomic E-state index is 0.178. The Bertz CT molecular complexity index is 647. The van der Waals surface area contributed by atoms with Crippen LogP contribution in [-0.2, 0) is 12.4 Å². The summed E-state index contributed by atoms with van der Waals surface area (Å²) in [4.78, 5) is 4.57. The Balaban J connectivity index is 1.94. The third-order valence-corrected chi connectivity index (χ3v) is 5.63. The number of halogens is 3. The van der Waals surface area contributed by atoms with Gasteiger partial charge in [0.15, 0.2) is 0 Å². The Morgan fingerprint density at radius 2 is 2.05 bits per heavy atom. The SMILES string of the molecule is CC1CCC(Cn2c(CCl)nc3cc(I)c(F)cc32)CC1. The van der Waals surface area contributed by atoms with E-state index in [1.54, 1.807) is 12.1 Å². The van der Waals surface area contributed by atoms with Gasteiger partial charge in [0, 0.05) is 12.6 Å². The number of imidazole rings is 1. The van der Waals surface area contributed by atoms with Crippen molar-refractivity contribution < 1.29 is 4.39 Å². The molecule has 0 radical (unpaired) electrons. The molecule has 0 aliphatic heterocycles. The maximum absolute atomic E-state index is 13.9. The Morgan fingerprint density at radius 3 is 2.71 bits per heavy atom. The number of benzene rings is 1. The molecule has 114 valence electrons. The van der Waals surface area contributed by atoms with Crippen molar-refractivity contribution in [2.45, 2.75) is 45.0 Å². The number of nitrogens with zero attached hydrogens (tertiary/aromatic N) is 2. The molecule has 3 rings (SSSR count). The summed E-state index contributed by atoms with van der Waals surface area (Å²) in [5, 5.41) is 0. The summed E-state index contributed by atoms with van der Waals surface area (Å²) in [7, 11) is 0. The first-order valence-corrected chi connectivity index (χ1v) is 9.10. The van der Waals surface area contributed by atoms with E-state index in [4.69, 9.17) is 11.6 Å². The van der Waals surface area contributed by atoms with Crippen molar-refractivity contribution in [2.24, 2.45) is 11.8 Å². The van der Waals surface area contributed by atoms with Crippen LogP contribution in [0.4, 0.5) is 4.39 Å². The average Bonchev–Trinajstić information content (AvgIpc) is 2.79. The number of hydrogen-bond donors (Lipinski definition) is 0. The lowest BCUT2D eigenvalue weighted by Gasteiger charge is -2.27. The standard InChI is InChI=1S/C16H19ClFIN2/c1-10-2-4-11(5-3-10)9-21-15-6-12(18)13(19)7-14(15)20-16(21)8-17/h6-7,10-11H,2-5,8-9H2,1H3. The van der Waals surface area contributed by atoms with Gasteiger partial charge in [0.1, 0.15) is 11.6 Å². The molecule has 0 N–H and O–H groups in total. The fraction of sp³-hybridized carbons (Fsp3) is 0.562. The van der Waals surface area contributed by atoms with Gasteiger partial charge in [0.25, 0.3) is 0 Å². The molecule has 0 atom stereocenters. The van der Waals surface area contributed by atoms with Crippen molar-refractivity contribution in [2.75, 3.05) is 0 Å². The van der Waals surface area contributed by atoms with Crippen molar-refractivity contribution >= 4 is 45.2 Å². The van der Waals surface area contributed by atoms with Crippen LogP contribution in [0.25, 0.3) is 11.0 Å². The predicted octanol–water partition coefficient (Wildman–Crippen LogP) is 5.35. The third kappa shape index (κ3) is 3.21. The van der Waals surface area contributed by atoms with Crippen molar-refractivity contribution in [3.8, 4) is 0 Å². The van der Waals surface area contributed by atoms with E-state index in [0.29, 0.717) is 15.4 Å². The van der Waals surface area contributed by atoms with Crippen LogP contribution in [0.3, 0.4) is 0 Å². The highest BCUT2D eigenvalue weighted by Crippen LogP contribution is 2.31. The Morgan fingerprint density at radius 1 is 1.33 bits per heavy atom. The average molecular weight is 421 g/mol. The topological polar surface area (TPSA) is 17.8 Å². The van der Waals surface area contributed by atoms with Crippen LogP contribution in [0.15, 0.2) is 12.1 Å². The number of fused-ring (bicyclic) bond motifs is 1. The smallest absolute Gasteiger partial charge is 0.138 e.